The van der Waals surface area contributed by atoms with Crippen LogP contribution in [0.2, 0.25) is 0 Å². The van der Waals surface area contributed by atoms with Gasteiger partial charge in [-0.2, -0.15) is 0 Å². The minimum Gasteiger partial charge on any atom is -0.487 e. The van der Waals surface area contributed by atoms with Crippen molar-refractivity contribution >= 4 is 63.6 Å². The van der Waals surface area contributed by atoms with Crippen molar-refractivity contribution in [3.8, 4) is 22.6 Å². The van der Waals surface area contributed by atoms with Crippen molar-refractivity contribution in [1.82, 2.24) is 9.80 Å². The summed E-state index contributed by atoms with van der Waals surface area (Å²) < 4.78 is 14.0. The zero-order valence-corrected chi connectivity index (χ0v) is 39.2. The zero-order chi connectivity index (χ0) is 47.2. The fraction of sp³-hybridized carbons (Fsp3) is 0.400. The molecule has 66 heavy (non-hydrogen) atoms. The number of aliphatic imine (C=N–C) groups is 2. The molecule has 4 aliphatic heterocycles. The van der Waals surface area contributed by atoms with Crippen LogP contribution in [0.25, 0.3) is 20.8 Å². The molecule has 6 atom stereocenters. The standard InChI is InChI=1S/C25H26N4O2.C18H22BrN3O2.C7H6BNO2/c1-4-16-10-11-24(14-16)15-25(22(30)29(3)23(26)28-25)20-13-18(8-9-21(20)31-24)17-6-5-7-19(12-17)27-2;1-3-11-6-7-17(9-11)10-18(15(23)22(2)16(20)21-18)13-8-12(19)4-5-14(13)24-17;1-9-7-4-2-3-6(5-7)8(10)11/h5-9,12-13,16H,4,10-11,14-15H2,1,3H3,(H2,26,28);4-5,8,11H,3,6-7,9-10H2,1-2H3,(H2,20,21);2-5,10-11H. The molecule has 6 unspecified atom stereocenters. The van der Waals surface area contributed by atoms with E-state index < -0.39 is 18.2 Å². The number of hydrogen-bond acceptors (Lipinski definition) is 10. The number of carbonyl (C=O) groups excluding carboxylic acids is 2. The number of guanidine groups is 2. The Hall–Kier alpha value is -6.20. The maximum Gasteiger partial charge on any atom is 0.487 e. The first-order valence-corrected chi connectivity index (χ1v) is 23.2. The quantitative estimate of drug-likeness (QED) is 0.119. The van der Waals surface area contributed by atoms with Crippen molar-refractivity contribution in [2.75, 3.05) is 14.1 Å². The van der Waals surface area contributed by atoms with Gasteiger partial charge >= 0.3 is 7.12 Å². The predicted octanol–water partition coefficient (Wildman–Crippen LogP) is 7.70. The largest absolute Gasteiger partial charge is 0.487 e. The third-order valence-corrected chi connectivity index (χ3v) is 14.8. The molecule has 4 spiro atoms. The van der Waals surface area contributed by atoms with E-state index >= 15 is 0 Å². The van der Waals surface area contributed by atoms with Crippen LogP contribution in [0, 0.1) is 25.0 Å². The number of halogens is 1. The van der Waals surface area contributed by atoms with Crippen molar-refractivity contribution in [3.63, 3.8) is 0 Å². The van der Waals surface area contributed by atoms with Crippen LogP contribution in [-0.4, -0.2) is 76.0 Å². The summed E-state index contributed by atoms with van der Waals surface area (Å²) in [6, 6.07) is 25.5. The van der Waals surface area contributed by atoms with Gasteiger partial charge in [0.25, 0.3) is 11.8 Å². The molecule has 4 heterocycles. The lowest BCUT2D eigenvalue weighted by Crippen LogP contribution is -2.50. The summed E-state index contributed by atoms with van der Waals surface area (Å²) in [5.74, 6) is 3.11. The average molecular weight is 954 g/mol. The van der Waals surface area contributed by atoms with Crippen LogP contribution < -0.4 is 26.4 Å². The summed E-state index contributed by atoms with van der Waals surface area (Å²) in [5, 5.41) is 17.4. The Labute approximate surface area is 394 Å². The summed E-state index contributed by atoms with van der Waals surface area (Å²) in [7, 11) is 1.89. The molecule has 2 aliphatic carbocycles. The monoisotopic (exact) mass is 952 g/mol. The Morgan fingerprint density at radius 3 is 1.68 bits per heavy atom. The SMILES string of the molecule is CCC1CCC2(C1)CC1(N=C(N)N(C)C1=O)c1cc(Br)ccc1O2.[C-]#[N+]c1cccc(-c2ccc3c(c2)C2(CC4(CCC(CC)C4)O3)N=C(N)N(C)C2=O)c1.[C-]#[N+]c1cccc(B(O)O)c1. The molecule has 340 valence electrons. The van der Waals surface area contributed by atoms with Crippen LogP contribution in [0.15, 0.2) is 99.4 Å². The predicted molar refractivity (Wildman–Crippen MR) is 258 cm³/mol. The summed E-state index contributed by atoms with van der Waals surface area (Å²) in [6.07, 6.45) is 9.39. The molecule has 4 aromatic rings. The number of likely N-dealkylation sites (N-methyl/N-ethyl adjacent to an activating group) is 2. The molecule has 2 saturated carbocycles. The van der Waals surface area contributed by atoms with Gasteiger partial charge in [0.2, 0.25) is 0 Å². The first-order valence-electron chi connectivity index (χ1n) is 22.4. The molecule has 0 radical (unpaired) electrons. The molecular weight excluding hydrogens is 899 g/mol. The molecule has 6 aliphatic rings. The molecule has 6 N–H and O–H groups in total. The highest BCUT2D eigenvalue weighted by Crippen LogP contribution is 2.57. The molecule has 16 heteroatoms. The van der Waals surface area contributed by atoms with E-state index in [4.69, 9.17) is 49.1 Å². The van der Waals surface area contributed by atoms with Gasteiger partial charge in [0, 0.05) is 42.5 Å². The van der Waals surface area contributed by atoms with Crippen molar-refractivity contribution < 1.29 is 29.1 Å². The lowest BCUT2D eigenvalue weighted by Gasteiger charge is -2.43. The van der Waals surface area contributed by atoms with Crippen molar-refractivity contribution in [2.45, 2.75) is 100 Å². The number of ether oxygens (including phenoxy) is 2. The Morgan fingerprint density at radius 1 is 0.727 bits per heavy atom. The van der Waals surface area contributed by atoms with Crippen molar-refractivity contribution in [1.29, 1.82) is 0 Å². The minimum atomic E-state index is -1.49. The van der Waals surface area contributed by atoms with Gasteiger partial charge in [-0.15, -0.1) is 0 Å². The number of amides is 2. The third kappa shape index (κ3) is 8.31. The van der Waals surface area contributed by atoms with E-state index in [1.165, 1.54) is 15.9 Å². The number of nitrogens with two attached hydrogens (primary N) is 2. The van der Waals surface area contributed by atoms with Crippen LogP contribution in [0.4, 0.5) is 11.4 Å². The zero-order valence-electron chi connectivity index (χ0n) is 37.6. The van der Waals surface area contributed by atoms with Gasteiger partial charge in [0.15, 0.2) is 34.4 Å². The Balaban J connectivity index is 0.000000149. The normalized spacial score (nSPS) is 27.7. The van der Waals surface area contributed by atoms with Crippen molar-refractivity contribution in [3.05, 3.63) is 123 Å². The third-order valence-electron chi connectivity index (χ3n) is 14.3. The number of rotatable bonds is 4. The summed E-state index contributed by atoms with van der Waals surface area (Å²) in [6.45, 7) is 18.4. The second kappa shape index (κ2) is 17.9. The van der Waals surface area contributed by atoms with E-state index in [2.05, 4.69) is 44.5 Å². The van der Waals surface area contributed by atoms with E-state index in [0.717, 1.165) is 83.8 Å². The molecule has 2 fully saturated rings. The molecule has 0 bridgehead atoms. The second-order valence-corrected chi connectivity index (χ2v) is 19.4. The maximum atomic E-state index is 13.5. The topological polar surface area (TPSA) is 185 Å². The van der Waals surface area contributed by atoms with Gasteiger partial charge in [-0.3, -0.25) is 19.4 Å². The van der Waals surface area contributed by atoms with Gasteiger partial charge in [-0.1, -0.05) is 91.1 Å². The molecule has 14 nitrogen and oxygen atoms in total. The van der Waals surface area contributed by atoms with E-state index in [-0.39, 0.29) is 34.9 Å². The molecule has 10 rings (SSSR count). The van der Waals surface area contributed by atoms with Crippen LogP contribution in [0.5, 0.6) is 11.5 Å². The fourth-order valence-electron chi connectivity index (χ4n) is 10.8. The molecule has 0 aromatic heterocycles. The van der Waals surface area contributed by atoms with Crippen molar-refractivity contribution in [2.24, 2.45) is 33.3 Å². The first-order chi connectivity index (χ1) is 31.5. The Bertz CT molecular complexity index is 2740. The van der Waals surface area contributed by atoms with Crippen LogP contribution in [0.3, 0.4) is 0 Å². The molecule has 0 saturated heterocycles. The number of benzene rings is 4. The lowest BCUT2D eigenvalue weighted by atomic mass is 9.74. The van der Waals surface area contributed by atoms with E-state index in [1.54, 1.807) is 38.4 Å². The number of fused-ring (bicyclic) bond motifs is 4. The number of carbonyl (C=O) groups is 2. The van der Waals surface area contributed by atoms with Gasteiger partial charge in [-0.25, -0.2) is 19.7 Å². The maximum absolute atomic E-state index is 13.5. The highest BCUT2D eigenvalue weighted by molar-refractivity contribution is 9.10. The van der Waals surface area contributed by atoms with Crippen LogP contribution in [0.1, 0.15) is 89.2 Å². The molecule has 2 amide bonds. The molecular formula is C50H54BBrN8O6. The molecule has 4 aromatic carbocycles. The second-order valence-electron chi connectivity index (χ2n) is 18.4. The summed E-state index contributed by atoms with van der Waals surface area (Å²) >= 11 is 3.51. The Kier molecular flexibility index (Phi) is 12.6. The number of hydrogen-bond donors (Lipinski definition) is 4. The van der Waals surface area contributed by atoms with Crippen LogP contribution >= 0.6 is 15.9 Å². The van der Waals surface area contributed by atoms with Gasteiger partial charge < -0.3 is 31.0 Å². The average Bonchev–Trinajstić information content (AvgIpc) is 4.03. The highest BCUT2D eigenvalue weighted by atomic mass is 79.9. The lowest BCUT2D eigenvalue weighted by molar-refractivity contribution is -0.134. The van der Waals surface area contributed by atoms with Crippen LogP contribution in [-0.2, 0) is 20.7 Å². The number of nitrogens with zero attached hydrogens (tertiary/aromatic N) is 6. The minimum absolute atomic E-state index is 0.0537. The summed E-state index contributed by atoms with van der Waals surface area (Å²) in [5.41, 5.74) is 14.2. The van der Waals surface area contributed by atoms with E-state index in [0.29, 0.717) is 47.3 Å². The summed E-state index contributed by atoms with van der Waals surface area (Å²) in [4.78, 5) is 45.7. The fourth-order valence-corrected chi connectivity index (χ4v) is 11.1. The van der Waals surface area contributed by atoms with Gasteiger partial charge in [0.05, 0.1) is 13.1 Å². The smallest absolute Gasteiger partial charge is 0.487 e. The highest BCUT2D eigenvalue weighted by Gasteiger charge is 2.61. The first kappa shape index (κ1) is 46.3. The van der Waals surface area contributed by atoms with Gasteiger partial charge in [0.1, 0.15) is 22.7 Å². The van der Waals surface area contributed by atoms with Gasteiger partial charge in [-0.05, 0) is 103 Å². The Morgan fingerprint density at radius 2 is 1.21 bits per heavy atom. The van der Waals surface area contributed by atoms with E-state index in [9.17, 15) is 9.59 Å². The van der Waals surface area contributed by atoms with E-state index in [1.807, 2.05) is 54.6 Å².